The Labute approximate surface area is 75.6 Å². The lowest BCUT2D eigenvalue weighted by molar-refractivity contribution is 0.0593. The second kappa shape index (κ2) is 3.98. The highest BCUT2D eigenvalue weighted by Gasteiger charge is 2.16. The molecule has 0 fully saturated rings. The first kappa shape index (κ1) is 9.64. The van der Waals surface area contributed by atoms with Crippen molar-refractivity contribution in [1.29, 1.82) is 0 Å². The maximum atomic E-state index is 13.1. The lowest BCUT2D eigenvalue weighted by atomic mass is 10.1. The average molecular weight is 183 g/mol. The highest BCUT2D eigenvalue weighted by Crippen LogP contribution is 2.12. The Bertz CT molecular complexity index is 325. The molecule has 1 aromatic rings. The Morgan fingerprint density at radius 3 is 2.92 bits per heavy atom. The SMILES string of the molecule is CCc1ccnc(F)c1C(=O)OC. The highest BCUT2D eigenvalue weighted by atomic mass is 19.1. The summed E-state index contributed by atoms with van der Waals surface area (Å²) in [6.07, 6.45) is 1.91. The number of methoxy groups -OCH3 is 1. The smallest absolute Gasteiger partial charge is 0.342 e. The van der Waals surface area contributed by atoms with Gasteiger partial charge in [0.2, 0.25) is 5.95 Å². The van der Waals surface area contributed by atoms with Crippen molar-refractivity contribution < 1.29 is 13.9 Å². The number of carbonyl (C=O) groups is 1. The Morgan fingerprint density at radius 1 is 1.69 bits per heavy atom. The summed E-state index contributed by atoms with van der Waals surface area (Å²) in [6, 6.07) is 1.61. The second-order valence-corrected chi connectivity index (χ2v) is 2.48. The van der Waals surface area contributed by atoms with Crippen molar-refractivity contribution in [3.63, 3.8) is 0 Å². The quantitative estimate of drug-likeness (QED) is 0.516. The van der Waals surface area contributed by atoms with Gasteiger partial charge in [0, 0.05) is 6.20 Å². The van der Waals surface area contributed by atoms with Crippen LogP contribution >= 0.6 is 0 Å². The van der Waals surface area contributed by atoms with Gasteiger partial charge in [-0.3, -0.25) is 0 Å². The Kier molecular flexibility index (Phi) is 2.95. The van der Waals surface area contributed by atoms with Crippen molar-refractivity contribution in [2.75, 3.05) is 7.11 Å². The van der Waals surface area contributed by atoms with E-state index in [2.05, 4.69) is 9.72 Å². The van der Waals surface area contributed by atoms with Crippen LogP contribution in [0.4, 0.5) is 4.39 Å². The molecule has 0 aliphatic carbocycles. The van der Waals surface area contributed by atoms with Gasteiger partial charge in [-0.2, -0.15) is 4.39 Å². The molecule has 1 rings (SSSR count). The summed E-state index contributed by atoms with van der Waals surface area (Å²) >= 11 is 0. The lowest BCUT2D eigenvalue weighted by Crippen LogP contribution is -2.09. The molecule has 0 aliphatic heterocycles. The molecule has 0 saturated carbocycles. The average Bonchev–Trinajstić information content (AvgIpc) is 2.16. The van der Waals surface area contributed by atoms with Crippen molar-refractivity contribution in [3.8, 4) is 0 Å². The Balaban J connectivity index is 3.22. The van der Waals surface area contributed by atoms with E-state index >= 15 is 0 Å². The van der Waals surface area contributed by atoms with Gasteiger partial charge in [-0.25, -0.2) is 9.78 Å². The zero-order chi connectivity index (χ0) is 9.84. The molecule has 0 spiro atoms. The van der Waals surface area contributed by atoms with E-state index in [1.54, 1.807) is 6.07 Å². The molecule has 0 amide bonds. The van der Waals surface area contributed by atoms with Crippen molar-refractivity contribution in [3.05, 3.63) is 29.3 Å². The zero-order valence-corrected chi connectivity index (χ0v) is 7.50. The van der Waals surface area contributed by atoms with E-state index in [0.717, 1.165) is 0 Å². The van der Waals surface area contributed by atoms with E-state index in [1.165, 1.54) is 13.3 Å². The molecule has 0 bridgehead atoms. The van der Waals surface area contributed by atoms with Gasteiger partial charge in [-0.15, -0.1) is 0 Å². The number of carbonyl (C=O) groups excluding carboxylic acids is 1. The molecule has 0 atom stereocenters. The van der Waals surface area contributed by atoms with Gasteiger partial charge in [-0.1, -0.05) is 6.92 Å². The van der Waals surface area contributed by atoms with Crippen LogP contribution in [0.25, 0.3) is 0 Å². The van der Waals surface area contributed by atoms with Crippen LogP contribution < -0.4 is 0 Å². The van der Waals surface area contributed by atoms with E-state index in [0.29, 0.717) is 12.0 Å². The van der Waals surface area contributed by atoms with Gasteiger partial charge in [0.05, 0.1) is 7.11 Å². The third-order valence-corrected chi connectivity index (χ3v) is 1.76. The number of hydrogen-bond donors (Lipinski definition) is 0. The van der Waals surface area contributed by atoms with E-state index < -0.39 is 11.9 Å². The number of aromatic nitrogens is 1. The topological polar surface area (TPSA) is 39.2 Å². The minimum Gasteiger partial charge on any atom is -0.465 e. The molecule has 0 N–H and O–H groups in total. The van der Waals surface area contributed by atoms with Crippen molar-refractivity contribution >= 4 is 5.97 Å². The number of halogens is 1. The molecule has 0 aromatic carbocycles. The summed E-state index contributed by atoms with van der Waals surface area (Å²) in [4.78, 5) is 14.5. The van der Waals surface area contributed by atoms with Crippen LogP contribution in [0.1, 0.15) is 22.8 Å². The van der Waals surface area contributed by atoms with Crippen LogP contribution in [0.2, 0.25) is 0 Å². The molecule has 1 heterocycles. The molecule has 70 valence electrons. The number of esters is 1. The van der Waals surface area contributed by atoms with Gasteiger partial charge >= 0.3 is 5.97 Å². The second-order valence-electron chi connectivity index (χ2n) is 2.48. The largest absolute Gasteiger partial charge is 0.465 e. The molecule has 0 aliphatic rings. The standard InChI is InChI=1S/C9H10FNO2/c1-3-6-4-5-11-8(10)7(6)9(12)13-2/h4-5H,3H2,1-2H3. The van der Waals surface area contributed by atoms with Crippen molar-refractivity contribution in [2.24, 2.45) is 0 Å². The maximum Gasteiger partial charge on any atom is 0.342 e. The predicted molar refractivity (Wildman–Crippen MR) is 44.9 cm³/mol. The van der Waals surface area contributed by atoms with E-state index in [1.807, 2.05) is 6.92 Å². The van der Waals surface area contributed by atoms with Crippen molar-refractivity contribution in [1.82, 2.24) is 4.98 Å². The van der Waals surface area contributed by atoms with Crippen LogP contribution in [-0.2, 0) is 11.2 Å². The van der Waals surface area contributed by atoms with Crippen molar-refractivity contribution in [2.45, 2.75) is 13.3 Å². The van der Waals surface area contributed by atoms with Crippen LogP contribution in [0.15, 0.2) is 12.3 Å². The Hall–Kier alpha value is -1.45. The first-order chi connectivity index (χ1) is 6.20. The number of hydrogen-bond acceptors (Lipinski definition) is 3. The molecule has 1 aromatic heterocycles. The van der Waals surface area contributed by atoms with Gasteiger partial charge in [-0.05, 0) is 18.1 Å². The molecule has 0 radical (unpaired) electrons. The van der Waals surface area contributed by atoms with Crippen LogP contribution in [0.5, 0.6) is 0 Å². The normalized spacial score (nSPS) is 9.77. The summed E-state index contributed by atoms with van der Waals surface area (Å²) in [7, 11) is 1.22. The molecule has 0 unspecified atom stereocenters. The molecular weight excluding hydrogens is 173 g/mol. The first-order valence-electron chi connectivity index (χ1n) is 3.92. The Morgan fingerprint density at radius 2 is 2.38 bits per heavy atom. The summed E-state index contributed by atoms with van der Waals surface area (Å²) in [5.41, 5.74) is 0.548. The predicted octanol–water partition coefficient (Wildman–Crippen LogP) is 1.57. The maximum absolute atomic E-state index is 13.1. The number of aryl methyl sites for hydroxylation is 1. The fourth-order valence-electron chi connectivity index (χ4n) is 1.09. The molecule has 3 nitrogen and oxygen atoms in total. The minimum atomic E-state index is -0.772. The molecular formula is C9H10FNO2. The zero-order valence-electron chi connectivity index (χ0n) is 7.50. The summed E-state index contributed by atoms with van der Waals surface area (Å²) in [5, 5.41) is 0. The number of rotatable bonds is 2. The fraction of sp³-hybridized carbons (Fsp3) is 0.333. The number of ether oxygens (including phenoxy) is 1. The first-order valence-corrected chi connectivity index (χ1v) is 3.92. The van der Waals surface area contributed by atoms with Crippen LogP contribution in [-0.4, -0.2) is 18.1 Å². The van der Waals surface area contributed by atoms with E-state index in [-0.39, 0.29) is 5.56 Å². The van der Waals surface area contributed by atoms with E-state index in [9.17, 15) is 9.18 Å². The fourth-order valence-corrected chi connectivity index (χ4v) is 1.09. The molecule has 0 saturated heterocycles. The van der Waals surface area contributed by atoms with Gasteiger partial charge in [0.1, 0.15) is 5.56 Å². The van der Waals surface area contributed by atoms with Gasteiger partial charge in [0.25, 0.3) is 0 Å². The number of pyridine rings is 1. The van der Waals surface area contributed by atoms with E-state index in [4.69, 9.17) is 0 Å². The third-order valence-electron chi connectivity index (χ3n) is 1.76. The summed E-state index contributed by atoms with van der Waals surface area (Å²) in [6.45, 7) is 1.83. The number of nitrogens with zero attached hydrogens (tertiary/aromatic N) is 1. The summed E-state index contributed by atoms with van der Waals surface area (Å²) in [5.74, 6) is -1.45. The highest BCUT2D eigenvalue weighted by molar-refractivity contribution is 5.90. The monoisotopic (exact) mass is 183 g/mol. The third kappa shape index (κ3) is 1.83. The summed E-state index contributed by atoms with van der Waals surface area (Å²) < 4.78 is 17.5. The van der Waals surface area contributed by atoms with Gasteiger partial charge in [0.15, 0.2) is 0 Å². The van der Waals surface area contributed by atoms with Crippen LogP contribution in [0.3, 0.4) is 0 Å². The van der Waals surface area contributed by atoms with Gasteiger partial charge < -0.3 is 4.74 Å². The lowest BCUT2D eigenvalue weighted by Gasteiger charge is -2.04. The molecule has 4 heteroatoms. The minimum absolute atomic E-state index is 0.0625. The molecule has 13 heavy (non-hydrogen) atoms. The van der Waals surface area contributed by atoms with Crippen LogP contribution in [0, 0.1) is 5.95 Å².